The quantitative estimate of drug-likeness (QED) is 0.601. The summed E-state index contributed by atoms with van der Waals surface area (Å²) in [4.78, 5) is 12.7. The SMILES string of the molecule is CC(O)CN(CC(C)O)CC(C)(C)C=O. The average molecular weight is 217 g/mol. The Morgan fingerprint density at radius 1 is 1.20 bits per heavy atom. The van der Waals surface area contributed by atoms with Crippen LogP contribution in [0.1, 0.15) is 27.7 Å². The van der Waals surface area contributed by atoms with Crippen molar-refractivity contribution in [3.8, 4) is 0 Å². The predicted octanol–water partition coefficient (Wildman–Crippen LogP) is 0.275. The van der Waals surface area contributed by atoms with E-state index in [1.54, 1.807) is 13.8 Å². The molecule has 2 N–H and O–H groups in total. The molecule has 90 valence electrons. The van der Waals surface area contributed by atoms with Crippen molar-refractivity contribution in [2.24, 2.45) is 5.41 Å². The van der Waals surface area contributed by atoms with Gasteiger partial charge in [0.15, 0.2) is 0 Å². The highest BCUT2D eigenvalue weighted by molar-refractivity contribution is 5.58. The predicted molar refractivity (Wildman–Crippen MR) is 59.6 cm³/mol. The van der Waals surface area contributed by atoms with Crippen LogP contribution in [0.5, 0.6) is 0 Å². The van der Waals surface area contributed by atoms with Crippen LogP contribution in [-0.4, -0.2) is 53.2 Å². The highest BCUT2D eigenvalue weighted by Crippen LogP contribution is 2.14. The minimum absolute atomic E-state index is 0.441. The summed E-state index contributed by atoms with van der Waals surface area (Å²) in [5.41, 5.74) is -0.441. The van der Waals surface area contributed by atoms with E-state index in [-0.39, 0.29) is 0 Å². The number of hydrogen-bond donors (Lipinski definition) is 2. The van der Waals surface area contributed by atoms with Gasteiger partial charge in [0.1, 0.15) is 6.29 Å². The molecule has 0 fully saturated rings. The highest BCUT2D eigenvalue weighted by atomic mass is 16.3. The summed E-state index contributed by atoms with van der Waals surface area (Å²) in [6.07, 6.45) is 0.00165. The molecule has 0 aromatic rings. The lowest BCUT2D eigenvalue weighted by Crippen LogP contribution is -2.42. The van der Waals surface area contributed by atoms with E-state index in [1.807, 2.05) is 18.7 Å². The van der Waals surface area contributed by atoms with Crippen LogP contribution in [0.15, 0.2) is 0 Å². The van der Waals surface area contributed by atoms with E-state index < -0.39 is 17.6 Å². The molecule has 0 radical (unpaired) electrons. The van der Waals surface area contributed by atoms with Crippen LogP contribution >= 0.6 is 0 Å². The van der Waals surface area contributed by atoms with Crippen molar-refractivity contribution in [2.45, 2.75) is 39.9 Å². The second-order valence-electron chi connectivity index (χ2n) is 5.00. The first kappa shape index (κ1) is 14.6. The highest BCUT2D eigenvalue weighted by Gasteiger charge is 2.22. The van der Waals surface area contributed by atoms with Crippen LogP contribution in [0.3, 0.4) is 0 Å². The van der Waals surface area contributed by atoms with E-state index >= 15 is 0 Å². The average Bonchev–Trinajstić information content (AvgIpc) is 2.00. The Balaban J connectivity index is 4.29. The Hall–Kier alpha value is -0.450. The Bertz CT molecular complexity index is 180. The van der Waals surface area contributed by atoms with Gasteiger partial charge in [-0.1, -0.05) is 13.8 Å². The van der Waals surface area contributed by atoms with Gasteiger partial charge in [0, 0.05) is 25.0 Å². The van der Waals surface area contributed by atoms with Crippen molar-refractivity contribution in [2.75, 3.05) is 19.6 Å². The third-order valence-electron chi connectivity index (χ3n) is 2.00. The van der Waals surface area contributed by atoms with Gasteiger partial charge in [0.25, 0.3) is 0 Å². The number of aliphatic hydroxyl groups is 2. The first-order valence-electron chi connectivity index (χ1n) is 5.31. The van der Waals surface area contributed by atoms with E-state index in [9.17, 15) is 15.0 Å². The summed E-state index contributed by atoms with van der Waals surface area (Å²) in [5, 5.41) is 18.6. The largest absolute Gasteiger partial charge is 0.392 e. The van der Waals surface area contributed by atoms with Crippen LogP contribution in [-0.2, 0) is 4.79 Å². The van der Waals surface area contributed by atoms with E-state index in [0.29, 0.717) is 19.6 Å². The number of carbonyl (C=O) groups excluding carboxylic acids is 1. The molecule has 2 atom stereocenters. The number of aldehydes is 1. The van der Waals surface area contributed by atoms with Gasteiger partial charge < -0.3 is 15.0 Å². The second kappa shape index (κ2) is 6.20. The summed E-state index contributed by atoms with van der Waals surface area (Å²) < 4.78 is 0. The van der Waals surface area contributed by atoms with Crippen molar-refractivity contribution < 1.29 is 15.0 Å². The van der Waals surface area contributed by atoms with Gasteiger partial charge >= 0.3 is 0 Å². The fraction of sp³-hybridized carbons (Fsp3) is 0.909. The number of aliphatic hydroxyl groups excluding tert-OH is 2. The third kappa shape index (κ3) is 7.48. The lowest BCUT2D eigenvalue weighted by Gasteiger charge is -2.30. The van der Waals surface area contributed by atoms with E-state index in [4.69, 9.17) is 0 Å². The number of rotatable bonds is 7. The fourth-order valence-electron chi connectivity index (χ4n) is 1.56. The summed E-state index contributed by atoms with van der Waals surface area (Å²) in [7, 11) is 0. The molecule has 0 aromatic carbocycles. The smallest absolute Gasteiger partial charge is 0.126 e. The van der Waals surface area contributed by atoms with Gasteiger partial charge in [-0.25, -0.2) is 0 Å². The maximum Gasteiger partial charge on any atom is 0.126 e. The van der Waals surface area contributed by atoms with Crippen molar-refractivity contribution in [1.29, 1.82) is 0 Å². The van der Waals surface area contributed by atoms with Crippen molar-refractivity contribution in [3.63, 3.8) is 0 Å². The van der Waals surface area contributed by atoms with Crippen LogP contribution in [0, 0.1) is 5.41 Å². The van der Waals surface area contributed by atoms with Gasteiger partial charge in [0.2, 0.25) is 0 Å². The minimum atomic E-state index is -0.453. The molecule has 0 saturated carbocycles. The van der Waals surface area contributed by atoms with Crippen molar-refractivity contribution in [3.05, 3.63) is 0 Å². The molecule has 0 aliphatic rings. The Labute approximate surface area is 91.9 Å². The van der Waals surface area contributed by atoms with E-state index in [2.05, 4.69) is 0 Å². The molecule has 0 bridgehead atoms. The normalized spacial score (nSPS) is 16.5. The number of nitrogens with zero attached hydrogens (tertiary/aromatic N) is 1. The number of carbonyl (C=O) groups is 1. The summed E-state index contributed by atoms with van der Waals surface area (Å²) in [6, 6.07) is 0. The summed E-state index contributed by atoms with van der Waals surface area (Å²) >= 11 is 0. The molecule has 0 saturated heterocycles. The molecule has 0 spiro atoms. The first-order valence-corrected chi connectivity index (χ1v) is 5.31. The van der Waals surface area contributed by atoms with Crippen LogP contribution in [0.25, 0.3) is 0 Å². The zero-order valence-electron chi connectivity index (χ0n) is 10.1. The fourth-order valence-corrected chi connectivity index (χ4v) is 1.56. The molecule has 0 aliphatic carbocycles. The van der Waals surface area contributed by atoms with Crippen LogP contribution in [0.2, 0.25) is 0 Å². The maximum atomic E-state index is 10.8. The molecule has 4 nitrogen and oxygen atoms in total. The van der Waals surface area contributed by atoms with Gasteiger partial charge in [-0.15, -0.1) is 0 Å². The zero-order valence-corrected chi connectivity index (χ0v) is 10.1. The molecule has 0 amide bonds. The molecule has 0 aliphatic heterocycles. The molecule has 2 unspecified atom stereocenters. The summed E-state index contributed by atoms with van der Waals surface area (Å²) in [5.74, 6) is 0. The molecule has 15 heavy (non-hydrogen) atoms. The first-order chi connectivity index (χ1) is 6.76. The standard InChI is InChI=1S/C11H23NO3/c1-9(14)5-12(6-10(2)15)7-11(3,4)8-13/h8-10,14-15H,5-7H2,1-4H3. The number of hydrogen-bond acceptors (Lipinski definition) is 4. The topological polar surface area (TPSA) is 60.8 Å². The van der Waals surface area contributed by atoms with Gasteiger partial charge in [-0.05, 0) is 13.8 Å². The van der Waals surface area contributed by atoms with Crippen LogP contribution < -0.4 is 0 Å². The molecular weight excluding hydrogens is 194 g/mol. The van der Waals surface area contributed by atoms with Crippen molar-refractivity contribution >= 4 is 6.29 Å². The van der Waals surface area contributed by atoms with Gasteiger partial charge in [-0.2, -0.15) is 0 Å². The monoisotopic (exact) mass is 217 g/mol. The summed E-state index contributed by atoms with van der Waals surface area (Å²) in [6.45, 7) is 8.58. The minimum Gasteiger partial charge on any atom is -0.392 e. The molecule has 0 heterocycles. The lowest BCUT2D eigenvalue weighted by atomic mass is 9.95. The Morgan fingerprint density at radius 3 is 1.87 bits per heavy atom. The lowest BCUT2D eigenvalue weighted by molar-refractivity contribution is -0.116. The third-order valence-corrected chi connectivity index (χ3v) is 2.00. The molecule has 0 rings (SSSR count). The molecular formula is C11H23NO3. The van der Waals surface area contributed by atoms with E-state index in [0.717, 1.165) is 6.29 Å². The second-order valence-corrected chi connectivity index (χ2v) is 5.00. The Kier molecular flexibility index (Phi) is 6.02. The van der Waals surface area contributed by atoms with E-state index in [1.165, 1.54) is 0 Å². The van der Waals surface area contributed by atoms with Crippen LogP contribution in [0.4, 0.5) is 0 Å². The molecule has 0 aromatic heterocycles. The Morgan fingerprint density at radius 2 is 1.60 bits per heavy atom. The van der Waals surface area contributed by atoms with Gasteiger partial charge in [0.05, 0.1) is 12.2 Å². The zero-order chi connectivity index (χ0) is 12.1. The molecule has 4 heteroatoms. The van der Waals surface area contributed by atoms with Crippen molar-refractivity contribution in [1.82, 2.24) is 4.90 Å². The maximum absolute atomic E-state index is 10.8. The van der Waals surface area contributed by atoms with Gasteiger partial charge in [-0.3, -0.25) is 4.90 Å².